The molecule has 0 radical (unpaired) electrons. The number of nitrogens with zero attached hydrogens (tertiary/aromatic N) is 1. The monoisotopic (exact) mass is 291 g/mol. The summed E-state index contributed by atoms with van der Waals surface area (Å²) in [5.41, 5.74) is -0.416. The van der Waals surface area contributed by atoms with Crippen LogP contribution in [0.25, 0.3) is 0 Å². The standard InChI is InChI=1S/C11H11ClFNO3S/c1-2-11(8-3-5-9(13)6-4-8)7-10(15)14(11)18(12,16)17/h3-6H,2,7H2,1H3. The largest absolute Gasteiger partial charge is 0.324 e. The molecule has 1 aromatic carbocycles. The molecule has 2 rings (SSSR count). The van der Waals surface area contributed by atoms with Gasteiger partial charge in [-0.05, 0) is 24.1 Å². The summed E-state index contributed by atoms with van der Waals surface area (Å²) in [7, 11) is 1.15. The molecular weight excluding hydrogens is 281 g/mol. The molecule has 0 N–H and O–H groups in total. The van der Waals surface area contributed by atoms with Gasteiger partial charge in [0.1, 0.15) is 5.82 Å². The number of β-lactam (4-membered cyclic amide) rings is 1. The third-order valence-corrected chi connectivity index (χ3v) is 4.65. The predicted molar refractivity (Wildman–Crippen MR) is 64.6 cm³/mol. The van der Waals surface area contributed by atoms with Gasteiger partial charge in [0.15, 0.2) is 0 Å². The van der Waals surface area contributed by atoms with E-state index in [1.54, 1.807) is 6.92 Å². The predicted octanol–water partition coefficient (Wildman–Crippen LogP) is 2.15. The van der Waals surface area contributed by atoms with Crippen molar-refractivity contribution in [2.24, 2.45) is 0 Å². The van der Waals surface area contributed by atoms with E-state index in [0.29, 0.717) is 16.3 Å². The van der Waals surface area contributed by atoms with Gasteiger partial charge in [-0.15, -0.1) is 0 Å². The zero-order valence-corrected chi connectivity index (χ0v) is 11.1. The van der Waals surface area contributed by atoms with Crippen molar-refractivity contribution in [2.45, 2.75) is 25.3 Å². The lowest BCUT2D eigenvalue weighted by Crippen LogP contribution is -2.61. The van der Waals surface area contributed by atoms with E-state index in [1.165, 1.54) is 24.3 Å². The van der Waals surface area contributed by atoms with Crippen molar-refractivity contribution in [2.75, 3.05) is 0 Å². The highest BCUT2D eigenvalue weighted by molar-refractivity contribution is 8.12. The van der Waals surface area contributed by atoms with Gasteiger partial charge in [-0.1, -0.05) is 19.1 Å². The average Bonchev–Trinajstić information content (AvgIpc) is 2.24. The second kappa shape index (κ2) is 4.20. The molecule has 1 heterocycles. The van der Waals surface area contributed by atoms with Gasteiger partial charge >= 0.3 is 9.24 Å². The molecule has 4 nitrogen and oxygen atoms in total. The quantitative estimate of drug-likeness (QED) is 0.633. The highest BCUT2D eigenvalue weighted by atomic mass is 35.7. The Balaban J connectivity index is 2.50. The normalized spacial score (nSPS) is 23.9. The van der Waals surface area contributed by atoms with Crippen molar-refractivity contribution in [3.05, 3.63) is 35.6 Å². The number of hydrogen-bond donors (Lipinski definition) is 0. The van der Waals surface area contributed by atoms with Gasteiger partial charge in [-0.2, -0.15) is 8.42 Å². The zero-order valence-electron chi connectivity index (χ0n) is 9.56. The van der Waals surface area contributed by atoms with Gasteiger partial charge in [0.25, 0.3) is 0 Å². The first-order chi connectivity index (χ1) is 8.31. The molecular formula is C11H11ClFNO3S. The van der Waals surface area contributed by atoms with Crippen LogP contribution in [0.3, 0.4) is 0 Å². The fraction of sp³-hybridized carbons (Fsp3) is 0.364. The van der Waals surface area contributed by atoms with Crippen molar-refractivity contribution < 1.29 is 17.6 Å². The maximum atomic E-state index is 12.9. The molecule has 1 aliphatic heterocycles. The first-order valence-corrected chi connectivity index (χ1v) is 7.62. The number of benzene rings is 1. The van der Waals surface area contributed by atoms with Crippen LogP contribution in [0.4, 0.5) is 4.39 Å². The fourth-order valence-corrected chi connectivity index (χ4v) is 3.98. The molecule has 7 heteroatoms. The first-order valence-electron chi connectivity index (χ1n) is 5.35. The van der Waals surface area contributed by atoms with Crippen LogP contribution in [0.15, 0.2) is 24.3 Å². The minimum Gasteiger partial charge on any atom is -0.274 e. The number of hydrogen-bond acceptors (Lipinski definition) is 3. The van der Waals surface area contributed by atoms with E-state index < -0.39 is 26.5 Å². The van der Waals surface area contributed by atoms with E-state index in [-0.39, 0.29) is 6.42 Å². The molecule has 1 amide bonds. The lowest BCUT2D eigenvalue weighted by Gasteiger charge is -2.49. The minimum absolute atomic E-state index is 0.0566. The van der Waals surface area contributed by atoms with E-state index in [9.17, 15) is 17.6 Å². The third kappa shape index (κ3) is 1.89. The van der Waals surface area contributed by atoms with Crippen LogP contribution in [-0.2, 0) is 19.6 Å². The number of carbonyl (C=O) groups is 1. The Morgan fingerprint density at radius 3 is 2.33 bits per heavy atom. The van der Waals surface area contributed by atoms with Gasteiger partial charge in [-0.3, -0.25) is 4.79 Å². The van der Waals surface area contributed by atoms with E-state index in [0.717, 1.165) is 0 Å². The molecule has 1 fully saturated rings. The van der Waals surface area contributed by atoms with Gasteiger partial charge in [0, 0.05) is 10.7 Å². The van der Waals surface area contributed by atoms with E-state index in [2.05, 4.69) is 0 Å². The van der Waals surface area contributed by atoms with Crippen molar-refractivity contribution in [1.29, 1.82) is 0 Å². The van der Waals surface area contributed by atoms with Gasteiger partial charge in [0.05, 0.1) is 12.0 Å². The summed E-state index contributed by atoms with van der Waals surface area (Å²) in [5, 5.41) is 0. The van der Waals surface area contributed by atoms with Crippen molar-refractivity contribution in [3.63, 3.8) is 0 Å². The summed E-state index contributed by atoms with van der Waals surface area (Å²) < 4.78 is 36.4. The molecule has 0 aliphatic carbocycles. The second-order valence-corrected chi connectivity index (χ2v) is 6.53. The highest BCUT2D eigenvalue weighted by Gasteiger charge is 2.56. The number of halogens is 2. The molecule has 1 atom stereocenters. The van der Waals surface area contributed by atoms with Crippen LogP contribution in [0.1, 0.15) is 25.3 Å². The van der Waals surface area contributed by atoms with Crippen molar-refractivity contribution in [3.8, 4) is 0 Å². The van der Waals surface area contributed by atoms with Crippen LogP contribution in [0.5, 0.6) is 0 Å². The molecule has 1 aromatic rings. The molecule has 1 saturated heterocycles. The van der Waals surface area contributed by atoms with Crippen LogP contribution >= 0.6 is 10.7 Å². The van der Waals surface area contributed by atoms with Crippen molar-refractivity contribution in [1.82, 2.24) is 4.31 Å². The molecule has 0 spiro atoms. The third-order valence-electron chi connectivity index (χ3n) is 3.24. The molecule has 0 saturated carbocycles. The van der Waals surface area contributed by atoms with Crippen LogP contribution in [0, 0.1) is 5.82 Å². The Labute approximate surface area is 109 Å². The smallest absolute Gasteiger partial charge is 0.274 e. The maximum Gasteiger partial charge on any atom is 0.324 e. The molecule has 1 aliphatic rings. The summed E-state index contributed by atoms with van der Waals surface area (Å²) in [5.74, 6) is -0.966. The molecule has 98 valence electrons. The van der Waals surface area contributed by atoms with Crippen molar-refractivity contribution >= 4 is 25.8 Å². The summed E-state index contributed by atoms with van der Waals surface area (Å²) >= 11 is 0. The number of carbonyl (C=O) groups excluding carboxylic acids is 1. The topological polar surface area (TPSA) is 54.5 Å². The average molecular weight is 292 g/mol. The summed E-state index contributed by atoms with van der Waals surface area (Å²) in [4.78, 5) is 11.5. The first kappa shape index (κ1) is 13.3. The molecule has 18 heavy (non-hydrogen) atoms. The molecule has 0 aromatic heterocycles. The fourth-order valence-electron chi connectivity index (χ4n) is 2.32. The number of rotatable bonds is 3. The molecule has 1 unspecified atom stereocenters. The van der Waals surface area contributed by atoms with Crippen LogP contribution in [-0.4, -0.2) is 18.6 Å². The Hall–Kier alpha value is -1.14. The second-order valence-electron chi connectivity index (χ2n) is 4.17. The van der Waals surface area contributed by atoms with E-state index in [1.807, 2.05) is 0 Å². The summed E-state index contributed by atoms with van der Waals surface area (Å²) in [6, 6.07) is 5.41. The zero-order chi connectivity index (χ0) is 13.6. The summed E-state index contributed by atoms with van der Waals surface area (Å²) in [6.07, 6.45) is 0.442. The summed E-state index contributed by atoms with van der Waals surface area (Å²) in [6.45, 7) is 1.75. The highest BCUT2D eigenvalue weighted by Crippen LogP contribution is 2.46. The minimum atomic E-state index is -4.13. The maximum absolute atomic E-state index is 12.9. The Kier molecular flexibility index (Phi) is 3.11. The molecule has 0 bridgehead atoms. The Bertz CT molecular complexity index is 587. The lowest BCUT2D eigenvalue weighted by atomic mass is 9.78. The Morgan fingerprint density at radius 1 is 1.39 bits per heavy atom. The van der Waals surface area contributed by atoms with Gasteiger partial charge in [-0.25, -0.2) is 8.70 Å². The number of amides is 1. The van der Waals surface area contributed by atoms with E-state index >= 15 is 0 Å². The van der Waals surface area contributed by atoms with Gasteiger partial charge in [0.2, 0.25) is 5.91 Å². The lowest BCUT2D eigenvalue weighted by molar-refractivity contribution is -0.146. The Morgan fingerprint density at radius 2 is 1.94 bits per heavy atom. The van der Waals surface area contributed by atoms with Gasteiger partial charge < -0.3 is 0 Å². The SMILES string of the molecule is CCC1(c2ccc(F)cc2)CC(=O)N1S(=O)(=O)Cl. The van der Waals surface area contributed by atoms with Crippen LogP contribution < -0.4 is 0 Å². The van der Waals surface area contributed by atoms with Crippen LogP contribution in [0.2, 0.25) is 0 Å². The van der Waals surface area contributed by atoms with E-state index in [4.69, 9.17) is 10.7 Å².